The molecule has 12 heavy (non-hydrogen) atoms. The molecule has 70 valence electrons. The van der Waals surface area contributed by atoms with Gasteiger partial charge in [-0.25, -0.2) is 0 Å². The minimum Gasteiger partial charge on any atom is -0.394 e. The first kappa shape index (κ1) is 11.6. The Morgan fingerprint density at radius 2 is 2.33 bits per heavy atom. The van der Waals surface area contributed by atoms with E-state index in [1.165, 1.54) is 0 Å². The molecule has 0 rings (SSSR count). The first-order chi connectivity index (χ1) is 5.61. The molecule has 0 radical (unpaired) electrons. The Balaban J connectivity index is 3.69. The summed E-state index contributed by atoms with van der Waals surface area (Å²) in [5, 5.41) is 11.7. The third-order valence-corrected chi connectivity index (χ3v) is 1.78. The number of rotatable bonds is 6. The predicted octanol–water partition coefficient (Wildman–Crippen LogP) is -1.70. The summed E-state index contributed by atoms with van der Waals surface area (Å²) in [5.74, 6) is 0. The van der Waals surface area contributed by atoms with Gasteiger partial charge in [-0.05, 0) is 20.3 Å². The lowest BCUT2D eigenvalue weighted by atomic mass is 9.65. The van der Waals surface area contributed by atoms with Crippen LogP contribution in [0.1, 0.15) is 6.92 Å². The average molecular weight is 172 g/mol. The zero-order chi connectivity index (χ0) is 9.56. The van der Waals surface area contributed by atoms with Crippen molar-refractivity contribution in [1.29, 1.82) is 0 Å². The molecule has 5 heteroatoms. The molecule has 0 heterocycles. The number of hydrogen-bond donors (Lipinski definition) is 3. The molecule has 4 N–H and O–H groups in total. The van der Waals surface area contributed by atoms with Crippen molar-refractivity contribution in [3.8, 4) is 0 Å². The van der Waals surface area contributed by atoms with Gasteiger partial charge in [0, 0.05) is 12.6 Å². The molecule has 0 aliphatic carbocycles. The number of carbonyl (C=O) groups is 1. The second-order valence-corrected chi connectivity index (χ2v) is 2.93. The molecule has 0 saturated carbocycles. The van der Waals surface area contributed by atoms with E-state index < -0.39 is 6.10 Å². The van der Waals surface area contributed by atoms with Crippen LogP contribution >= 0.6 is 0 Å². The van der Waals surface area contributed by atoms with Gasteiger partial charge in [0.2, 0.25) is 7.28 Å². The van der Waals surface area contributed by atoms with Crippen LogP contribution in [0.15, 0.2) is 0 Å². The number of likely N-dealkylation sites (N-methyl/N-ethyl adjacent to an activating group) is 1. The lowest BCUT2D eigenvalue weighted by Gasteiger charge is -2.11. The Kier molecular flexibility index (Phi) is 5.97. The average Bonchev–Trinajstić information content (AvgIpc) is 2.03. The Hall–Kier alpha value is -0.385. The molecule has 0 saturated heterocycles. The molecule has 0 aliphatic rings. The van der Waals surface area contributed by atoms with Gasteiger partial charge in [-0.2, -0.15) is 0 Å². The first-order valence-electron chi connectivity index (χ1n) is 4.20. The highest BCUT2D eigenvalue weighted by Crippen LogP contribution is 1.91. The normalized spacial score (nSPS) is 15.3. The molecular weight excluding hydrogens is 155 g/mol. The number of nitrogens with two attached hydrogens (primary N) is 1. The third-order valence-electron chi connectivity index (χ3n) is 1.78. The lowest BCUT2D eigenvalue weighted by molar-refractivity contribution is -0.113. The van der Waals surface area contributed by atoms with Crippen LogP contribution in [-0.2, 0) is 4.79 Å². The highest BCUT2D eigenvalue weighted by molar-refractivity contribution is 6.75. The fourth-order valence-corrected chi connectivity index (χ4v) is 0.936. The summed E-state index contributed by atoms with van der Waals surface area (Å²) in [5.41, 5.74) is 5.42. The second kappa shape index (κ2) is 6.17. The highest BCUT2D eigenvalue weighted by Gasteiger charge is 2.15. The lowest BCUT2D eigenvalue weighted by Crippen LogP contribution is -2.43. The van der Waals surface area contributed by atoms with Gasteiger partial charge in [-0.1, -0.05) is 0 Å². The van der Waals surface area contributed by atoms with Gasteiger partial charge in [0.15, 0.2) is 0 Å². The Labute approximate surface area is 73.8 Å². The van der Waals surface area contributed by atoms with Gasteiger partial charge in [-0.3, -0.25) is 0 Å². The van der Waals surface area contributed by atoms with E-state index in [9.17, 15) is 4.79 Å². The minimum atomic E-state index is -0.413. The molecule has 2 atom stereocenters. The SMILES string of the molecule is CNC(CN)C(=O)BCC(C)O. The summed E-state index contributed by atoms with van der Waals surface area (Å²) >= 11 is 0. The summed E-state index contributed by atoms with van der Waals surface area (Å²) < 4.78 is 0. The maximum atomic E-state index is 11.3. The molecular formula is C7H17BN2O2. The predicted molar refractivity (Wildman–Crippen MR) is 50.5 cm³/mol. The number of aliphatic hydroxyl groups excluding tert-OH is 1. The topological polar surface area (TPSA) is 75.3 Å². The molecule has 4 nitrogen and oxygen atoms in total. The van der Waals surface area contributed by atoms with E-state index in [1.54, 1.807) is 14.0 Å². The zero-order valence-corrected chi connectivity index (χ0v) is 7.71. The van der Waals surface area contributed by atoms with Gasteiger partial charge in [-0.15, -0.1) is 0 Å². The molecule has 0 aliphatic heterocycles. The van der Waals surface area contributed by atoms with Crippen LogP contribution in [0.3, 0.4) is 0 Å². The van der Waals surface area contributed by atoms with Crippen molar-refractivity contribution in [1.82, 2.24) is 5.32 Å². The number of nitrogens with one attached hydrogen (secondary N) is 1. The molecule has 0 aromatic heterocycles. The standard InChI is InChI=1S/C7H17BN2O2/c1-5(11)3-8-7(12)6(4-9)10-2/h5-6,8,10-11H,3-4,9H2,1-2H3. The van der Waals surface area contributed by atoms with Crippen LogP contribution in [0.25, 0.3) is 0 Å². The molecule has 2 unspecified atom stereocenters. The smallest absolute Gasteiger partial charge is 0.210 e. The molecule has 0 aromatic rings. The van der Waals surface area contributed by atoms with E-state index in [-0.39, 0.29) is 11.7 Å². The minimum absolute atomic E-state index is 0.0703. The van der Waals surface area contributed by atoms with Crippen LogP contribution in [0.4, 0.5) is 0 Å². The van der Waals surface area contributed by atoms with Crippen molar-refractivity contribution in [2.24, 2.45) is 5.73 Å². The summed E-state index contributed by atoms with van der Waals surface area (Å²) in [6, 6.07) is -0.260. The van der Waals surface area contributed by atoms with Crippen LogP contribution < -0.4 is 11.1 Å². The highest BCUT2D eigenvalue weighted by atomic mass is 16.3. The maximum absolute atomic E-state index is 11.3. The number of aliphatic hydroxyl groups is 1. The number of hydrogen-bond acceptors (Lipinski definition) is 4. The van der Waals surface area contributed by atoms with Gasteiger partial charge >= 0.3 is 0 Å². The summed E-state index contributed by atoms with van der Waals surface area (Å²) in [4.78, 5) is 11.3. The van der Waals surface area contributed by atoms with Gasteiger partial charge in [0.05, 0.1) is 6.04 Å². The van der Waals surface area contributed by atoms with E-state index in [0.29, 0.717) is 20.1 Å². The van der Waals surface area contributed by atoms with E-state index >= 15 is 0 Å². The van der Waals surface area contributed by atoms with Crippen LogP contribution in [-0.4, -0.2) is 43.8 Å². The van der Waals surface area contributed by atoms with Gasteiger partial charge in [0.25, 0.3) is 0 Å². The van der Waals surface area contributed by atoms with Crippen molar-refractivity contribution >= 4 is 13.0 Å². The zero-order valence-electron chi connectivity index (χ0n) is 7.71. The molecule has 0 aromatic carbocycles. The van der Waals surface area contributed by atoms with Crippen molar-refractivity contribution in [3.05, 3.63) is 0 Å². The molecule has 0 amide bonds. The maximum Gasteiger partial charge on any atom is 0.210 e. The van der Waals surface area contributed by atoms with Crippen LogP contribution in [0, 0.1) is 0 Å². The van der Waals surface area contributed by atoms with Crippen LogP contribution in [0.5, 0.6) is 0 Å². The fourth-order valence-electron chi connectivity index (χ4n) is 0.936. The molecule has 0 fully saturated rings. The quantitative estimate of drug-likeness (QED) is 0.417. The first-order valence-corrected chi connectivity index (χ1v) is 4.20. The Morgan fingerprint density at radius 1 is 1.75 bits per heavy atom. The third kappa shape index (κ3) is 4.48. The van der Waals surface area contributed by atoms with Crippen molar-refractivity contribution in [3.63, 3.8) is 0 Å². The largest absolute Gasteiger partial charge is 0.394 e. The van der Waals surface area contributed by atoms with Crippen LogP contribution in [0.2, 0.25) is 6.32 Å². The summed E-state index contributed by atoms with van der Waals surface area (Å²) in [7, 11) is 2.10. The monoisotopic (exact) mass is 172 g/mol. The van der Waals surface area contributed by atoms with E-state index in [0.717, 1.165) is 0 Å². The second-order valence-electron chi connectivity index (χ2n) is 2.93. The van der Waals surface area contributed by atoms with Crippen molar-refractivity contribution in [2.45, 2.75) is 25.4 Å². The van der Waals surface area contributed by atoms with Gasteiger partial charge in [0.1, 0.15) is 5.68 Å². The number of carbonyl (C=O) groups excluding carboxylic acids is 1. The van der Waals surface area contributed by atoms with E-state index in [2.05, 4.69) is 5.32 Å². The van der Waals surface area contributed by atoms with Crippen molar-refractivity contribution in [2.75, 3.05) is 13.6 Å². The van der Waals surface area contributed by atoms with Crippen molar-refractivity contribution < 1.29 is 9.90 Å². The van der Waals surface area contributed by atoms with E-state index in [1.807, 2.05) is 0 Å². The summed E-state index contributed by atoms with van der Waals surface area (Å²) in [6.07, 6.45) is 0.0982. The summed E-state index contributed by atoms with van der Waals surface area (Å²) in [6.45, 7) is 1.99. The molecule has 0 bridgehead atoms. The molecule has 0 spiro atoms. The Morgan fingerprint density at radius 3 is 2.67 bits per heavy atom. The Bertz CT molecular complexity index is 137. The fraction of sp³-hybridized carbons (Fsp3) is 0.857. The van der Waals surface area contributed by atoms with E-state index in [4.69, 9.17) is 10.8 Å². The van der Waals surface area contributed by atoms with Gasteiger partial charge < -0.3 is 21.0 Å².